The van der Waals surface area contributed by atoms with Crippen LogP contribution in [0.2, 0.25) is 0 Å². The van der Waals surface area contributed by atoms with E-state index in [-0.39, 0.29) is 6.04 Å². The van der Waals surface area contributed by atoms with Gasteiger partial charge in [-0.2, -0.15) is 0 Å². The van der Waals surface area contributed by atoms with E-state index in [1.54, 1.807) is 18.4 Å². The van der Waals surface area contributed by atoms with Gasteiger partial charge in [-0.05, 0) is 58.2 Å². The third kappa shape index (κ3) is 4.29. The van der Waals surface area contributed by atoms with Crippen LogP contribution < -0.4 is 10.5 Å². The van der Waals surface area contributed by atoms with E-state index in [2.05, 4.69) is 61.3 Å². The molecule has 1 atom stereocenters. The second kappa shape index (κ2) is 7.74. The van der Waals surface area contributed by atoms with Gasteiger partial charge in [-0.25, -0.2) is 0 Å². The molecule has 0 bridgehead atoms. The van der Waals surface area contributed by atoms with E-state index in [9.17, 15) is 0 Å². The molecular formula is C15H18Br2N2OS. The molecule has 0 aliphatic rings. The van der Waals surface area contributed by atoms with E-state index >= 15 is 0 Å². The highest BCUT2D eigenvalue weighted by Crippen LogP contribution is 2.32. The van der Waals surface area contributed by atoms with E-state index in [1.807, 2.05) is 12.1 Å². The SMILES string of the molecule is COc1ccc(Br)cc1C(CN)N(C)Cc1csc(Br)c1. The van der Waals surface area contributed by atoms with Crippen molar-refractivity contribution in [2.24, 2.45) is 5.73 Å². The lowest BCUT2D eigenvalue weighted by Gasteiger charge is -2.28. The van der Waals surface area contributed by atoms with Crippen LogP contribution >= 0.6 is 43.2 Å². The van der Waals surface area contributed by atoms with Crippen LogP contribution in [-0.4, -0.2) is 25.6 Å². The van der Waals surface area contributed by atoms with Crippen LogP contribution in [-0.2, 0) is 6.54 Å². The van der Waals surface area contributed by atoms with Crippen molar-refractivity contribution >= 4 is 43.2 Å². The molecule has 3 nitrogen and oxygen atoms in total. The smallest absolute Gasteiger partial charge is 0.123 e. The quantitative estimate of drug-likeness (QED) is 0.732. The van der Waals surface area contributed by atoms with Gasteiger partial charge in [0.15, 0.2) is 0 Å². The van der Waals surface area contributed by atoms with Crippen LogP contribution in [0.15, 0.2) is 37.9 Å². The van der Waals surface area contributed by atoms with Gasteiger partial charge in [0, 0.05) is 23.1 Å². The fraction of sp³-hybridized carbons (Fsp3) is 0.333. The minimum absolute atomic E-state index is 0.108. The van der Waals surface area contributed by atoms with E-state index in [0.29, 0.717) is 6.54 Å². The molecule has 0 saturated heterocycles. The van der Waals surface area contributed by atoms with Crippen molar-refractivity contribution in [3.05, 3.63) is 49.0 Å². The number of ether oxygens (including phenoxy) is 1. The average molecular weight is 434 g/mol. The minimum Gasteiger partial charge on any atom is -0.496 e. The largest absolute Gasteiger partial charge is 0.496 e. The van der Waals surface area contributed by atoms with Crippen LogP contribution in [0.25, 0.3) is 0 Å². The summed E-state index contributed by atoms with van der Waals surface area (Å²) in [7, 11) is 3.78. The Hall–Kier alpha value is -0.400. The van der Waals surface area contributed by atoms with E-state index < -0.39 is 0 Å². The summed E-state index contributed by atoms with van der Waals surface area (Å²) in [5.41, 5.74) is 8.40. The number of nitrogens with two attached hydrogens (primary N) is 1. The van der Waals surface area contributed by atoms with Crippen LogP contribution in [0.4, 0.5) is 0 Å². The maximum Gasteiger partial charge on any atom is 0.123 e. The Labute approximate surface area is 146 Å². The summed E-state index contributed by atoms with van der Waals surface area (Å²) in [6.07, 6.45) is 0. The number of benzene rings is 1. The zero-order chi connectivity index (χ0) is 15.4. The minimum atomic E-state index is 0.108. The van der Waals surface area contributed by atoms with Gasteiger partial charge >= 0.3 is 0 Å². The first-order valence-electron chi connectivity index (χ1n) is 6.51. The van der Waals surface area contributed by atoms with Gasteiger partial charge in [-0.15, -0.1) is 11.3 Å². The van der Waals surface area contributed by atoms with Gasteiger partial charge in [0.05, 0.1) is 16.9 Å². The van der Waals surface area contributed by atoms with Crippen LogP contribution in [0.5, 0.6) is 5.75 Å². The number of likely N-dealkylation sites (N-methyl/N-ethyl adjacent to an activating group) is 1. The van der Waals surface area contributed by atoms with Crippen LogP contribution in [0.3, 0.4) is 0 Å². The first-order chi connectivity index (χ1) is 10.0. The monoisotopic (exact) mass is 432 g/mol. The van der Waals surface area contributed by atoms with E-state index in [0.717, 1.165) is 26.1 Å². The highest BCUT2D eigenvalue weighted by Gasteiger charge is 2.20. The summed E-state index contributed by atoms with van der Waals surface area (Å²) in [4.78, 5) is 2.25. The molecule has 2 aromatic rings. The van der Waals surface area contributed by atoms with Crippen molar-refractivity contribution in [1.82, 2.24) is 4.90 Å². The number of methoxy groups -OCH3 is 1. The number of nitrogens with zero attached hydrogens (tertiary/aromatic N) is 1. The number of hydrogen-bond donors (Lipinski definition) is 1. The number of hydrogen-bond acceptors (Lipinski definition) is 4. The maximum absolute atomic E-state index is 6.02. The molecule has 0 saturated carbocycles. The number of halogens is 2. The predicted molar refractivity (Wildman–Crippen MR) is 96.0 cm³/mol. The fourth-order valence-corrected chi connectivity index (χ4v) is 3.92. The van der Waals surface area contributed by atoms with Crippen LogP contribution in [0.1, 0.15) is 17.2 Å². The lowest BCUT2D eigenvalue weighted by Crippen LogP contribution is -2.30. The third-order valence-corrected chi connectivity index (χ3v) is 5.41. The first-order valence-corrected chi connectivity index (χ1v) is 8.98. The average Bonchev–Trinajstić information content (AvgIpc) is 2.85. The standard InChI is InChI=1S/C15H18Br2N2OS/c1-19(8-10-5-15(17)21-9-10)13(7-18)12-6-11(16)3-4-14(12)20-2/h3-6,9,13H,7-8,18H2,1-2H3. The second-order valence-corrected chi connectivity index (χ2v) is 8.02. The maximum atomic E-state index is 6.02. The lowest BCUT2D eigenvalue weighted by atomic mass is 10.0. The third-order valence-electron chi connectivity index (χ3n) is 3.36. The Kier molecular flexibility index (Phi) is 6.25. The number of rotatable bonds is 6. The molecule has 1 aromatic carbocycles. The molecule has 0 aliphatic carbocycles. The Morgan fingerprint density at radius 2 is 2.10 bits per heavy atom. The molecule has 0 fully saturated rings. The molecule has 0 spiro atoms. The molecule has 2 N–H and O–H groups in total. The van der Waals surface area contributed by atoms with Crippen molar-refractivity contribution in [1.29, 1.82) is 0 Å². The Morgan fingerprint density at radius 3 is 2.67 bits per heavy atom. The topological polar surface area (TPSA) is 38.5 Å². The highest BCUT2D eigenvalue weighted by atomic mass is 79.9. The molecule has 6 heteroatoms. The summed E-state index contributed by atoms with van der Waals surface area (Å²) < 4.78 is 7.66. The van der Waals surface area contributed by atoms with Gasteiger partial charge in [-0.1, -0.05) is 15.9 Å². The van der Waals surface area contributed by atoms with Crippen molar-refractivity contribution in [3.8, 4) is 5.75 Å². The highest BCUT2D eigenvalue weighted by molar-refractivity contribution is 9.11. The first kappa shape index (κ1) is 17.0. The molecule has 21 heavy (non-hydrogen) atoms. The normalized spacial score (nSPS) is 12.7. The van der Waals surface area contributed by atoms with Gasteiger partial charge in [0.25, 0.3) is 0 Å². The lowest BCUT2D eigenvalue weighted by molar-refractivity contribution is 0.236. The molecule has 0 amide bonds. The summed E-state index contributed by atoms with van der Waals surface area (Å²) in [5, 5.41) is 2.16. The van der Waals surface area contributed by atoms with Gasteiger partial charge in [0.1, 0.15) is 5.75 Å². The van der Waals surface area contributed by atoms with E-state index in [1.165, 1.54) is 5.56 Å². The molecule has 1 heterocycles. The molecule has 0 radical (unpaired) electrons. The summed E-state index contributed by atoms with van der Waals surface area (Å²) in [6, 6.07) is 8.28. The molecule has 1 aromatic heterocycles. The van der Waals surface area contributed by atoms with Gasteiger partial charge in [-0.3, -0.25) is 4.90 Å². The van der Waals surface area contributed by atoms with Crippen LogP contribution in [0, 0.1) is 0 Å². The summed E-state index contributed by atoms with van der Waals surface area (Å²) >= 11 is 8.72. The summed E-state index contributed by atoms with van der Waals surface area (Å²) in [6.45, 7) is 1.38. The molecule has 114 valence electrons. The van der Waals surface area contributed by atoms with Crippen molar-refractivity contribution in [3.63, 3.8) is 0 Å². The molecule has 2 rings (SSSR count). The van der Waals surface area contributed by atoms with Crippen molar-refractivity contribution in [2.45, 2.75) is 12.6 Å². The predicted octanol–water partition coefficient (Wildman–Crippen LogP) is 4.41. The molecule has 0 aliphatic heterocycles. The Morgan fingerprint density at radius 1 is 1.33 bits per heavy atom. The van der Waals surface area contributed by atoms with Crippen molar-refractivity contribution in [2.75, 3.05) is 20.7 Å². The molecule has 1 unspecified atom stereocenters. The summed E-state index contributed by atoms with van der Waals surface area (Å²) in [5.74, 6) is 0.868. The second-order valence-electron chi connectivity index (χ2n) is 4.81. The van der Waals surface area contributed by atoms with Gasteiger partial charge < -0.3 is 10.5 Å². The van der Waals surface area contributed by atoms with Crippen molar-refractivity contribution < 1.29 is 4.74 Å². The zero-order valence-electron chi connectivity index (χ0n) is 12.0. The Balaban J connectivity index is 2.24. The van der Waals surface area contributed by atoms with E-state index in [4.69, 9.17) is 10.5 Å². The fourth-order valence-electron chi connectivity index (χ4n) is 2.34. The Bertz CT molecular complexity index is 603. The van der Waals surface area contributed by atoms with Gasteiger partial charge in [0.2, 0.25) is 0 Å². The zero-order valence-corrected chi connectivity index (χ0v) is 16.0. The molecular weight excluding hydrogens is 416 g/mol. The number of thiophene rings is 1.